The van der Waals surface area contributed by atoms with E-state index >= 15 is 0 Å². The first-order chi connectivity index (χ1) is 8.53. The summed E-state index contributed by atoms with van der Waals surface area (Å²) < 4.78 is 27.2. The minimum absolute atomic E-state index is 0.00489. The summed E-state index contributed by atoms with van der Waals surface area (Å²) in [6.07, 6.45) is 3.44. The SMILES string of the molecule is CC(NS(=O)(=O)c1cccc(CN)c1)C1CCC1. The minimum atomic E-state index is -3.42. The molecule has 0 bridgehead atoms. The van der Waals surface area contributed by atoms with Crippen molar-refractivity contribution in [1.29, 1.82) is 0 Å². The topological polar surface area (TPSA) is 72.2 Å². The van der Waals surface area contributed by atoms with E-state index in [2.05, 4.69) is 4.72 Å². The lowest BCUT2D eigenvalue weighted by Gasteiger charge is -2.31. The van der Waals surface area contributed by atoms with E-state index in [1.54, 1.807) is 18.2 Å². The molecule has 1 unspecified atom stereocenters. The van der Waals surface area contributed by atoms with Gasteiger partial charge in [0.15, 0.2) is 0 Å². The third-order valence-electron chi connectivity index (χ3n) is 3.64. The maximum absolute atomic E-state index is 12.2. The number of sulfonamides is 1. The summed E-state index contributed by atoms with van der Waals surface area (Å²) in [5.41, 5.74) is 6.35. The van der Waals surface area contributed by atoms with Gasteiger partial charge in [-0.25, -0.2) is 13.1 Å². The van der Waals surface area contributed by atoms with E-state index in [0.717, 1.165) is 18.4 Å². The molecule has 0 spiro atoms. The largest absolute Gasteiger partial charge is 0.326 e. The summed E-state index contributed by atoms with van der Waals surface area (Å²) in [6, 6.07) is 6.80. The van der Waals surface area contributed by atoms with Crippen LogP contribution in [0.3, 0.4) is 0 Å². The van der Waals surface area contributed by atoms with Gasteiger partial charge in [-0.1, -0.05) is 18.6 Å². The van der Waals surface area contributed by atoms with Crippen LogP contribution >= 0.6 is 0 Å². The number of hydrogen-bond acceptors (Lipinski definition) is 3. The normalized spacial score (nSPS) is 18.3. The molecule has 1 aromatic rings. The molecule has 1 aliphatic rings. The van der Waals surface area contributed by atoms with Gasteiger partial charge < -0.3 is 5.73 Å². The van der Waals surface area contributed by atoms with Crippen molar-refractivity contribution >= 4 is 10.0 Å². The molecule has 0 aromatic heterocycles. The molecular weight excluding hydrogens is 248 g/mol. The average molecular weight is 268 g/mol. The number of rotatable bonds is 5. The Bertz CT molecular complexity index is 509. The Kier molecular flexibility index (Phi) is 4.04. The molecule has 0 aliphatic heterocycles. The Labute approximate surface area is 109 Å². The van der Waals surface area contributed by atoms with E-state index in [0.29, 0.717) is 17.4 Å². The first-order valence-electron chi connectivity index (χ1n) is 6.34. The van der Waals surface area contributed by atoms with Crippen molar-refractivity contribution in [3.05, 3.63) is 29.8 Å². The molecule has 0 amide bonds. The van der Waals surface area contributed by atoms with Crippen LogP contribution in [0.4, 0.5) is 0 Å². The van der Waals surface area contributed by atoms with Crippen LogP contribution < -0.4 is 10.5 Å². The molecule has 1 saturated carbocycles. The standard InChI is InChI=1S/C13H20N2O2S/c1-10(12-5-3-6-12)15-18(16,17)13-7-2-4-11(8-13)9-14/h2,4,7-8,10,12,15H,3,5-6,9,14H2,1H3. The number of benzene rings is 1. The molecule has 0 heterocycles. The molecular formula is C13H20N2O2S. The molecule has 3 N–H and O–H groups in total. The highest BCUT2D eigenvalue weighted by Gasteiger charge is 2.27. The van der Waals surface area contributed by atoms with Crippen molar-refractivity contribution in [2.24, 2.45) is 11.7 Å². The number of nitrogens with two attached hydrogens (primary N) is 1. The molecule has 5 heteroatoms. The molecule has 0 radical (unpaired) electrons. The Morgan fingerprint density at radius 1 is 1.44 bits per heavy atom. The van der Waals surface area contributed by atoms with Crippen LogP contribution in [0.1, 0.15) is 31.7 Å². The van der Waals surface area contributed by atoms with Crippen molar-refractivity contribution in [2.45, 2.75) is 43.7 Å². The second-order valence-electron chi connectivity index (χ2n) is 4.95. The fraction of sp³-hybridized carbons (Fsp3) is 0.538. The molecule has 2 rings (SSSR count). The van der Waals surface area contributed by atoms with Crippen LogP contribution in [0.2, 0.25) is 0 Å². The Morgan fingerprint density at radius 3 is 2.72 bits per heavy atom. The molecule has 1 aliphatic carbocycles. The maximum Gasteiger partial charge on any atom is 0.240 e. The van der Waals surface area contributed by atoms with Crippen molar-refractivity contribution < 1.29 is 8.42 Å². The Hall–Kier alpha value is -0.910. The summed E-state index contributed by atoms with van der Waals surface area (Å²) in [6.45, 7) is 2.29. The molecule has 4 nitrogen and oxygen atoms in total. The van der Waals surface area contributed by atoms with Gasteiger partial charge in [-0.3, -0.25) is 0 Å². The Balaban J connectivity index is 2.13. The highest BCUT2D eigenvalue weighted by molar-refractivity contribution is 7.89. The molecule has 1 atom stereocenters. The van der Waals surface area contributed by atoms with E-state index in [-0.39, 0.29) is 6.04 Å². The van der Waals surface area contributed by atoms with Gasteiger partial charge in [0, 0.05) is 12.6 Å². The molecule has 1 fully saturated rings. The number of hydrogen-bond donors (Lipinski definition) is 2. The summed E-state index contributed by atoms with van der Waals surface area (Å²) >= 11 is 0. The van der Waals surface area contributed by atoms with Crippen LogP contribution in [0.15, 0.2) is 29.2 Å². The van der Waals surface area contributed by atoms with Gasteiger partial charge in [0.25, 0.3) is 0 Å². The van der Waals surface area contributed by atoms with E-state index in [9.17, 15) is 8.42 Å². The van der Waals surface area contributed by atoms with Gasteiger partial charge in [0.05, 0.1) is 4.90 Å². The minimum Gasteiger partial charge on any atom is -0.326 e. The third-order valence-corrected chi connectivity index (χ3v) is 5.20. The lowest BCUT2D eigenvalue weighted by atomic mass is 9.81. The van der Waals surface area contributed by atoms with Gasteiger partial charge in [-0.2, -0.15) is 0 Å². The van der Waals surface area contributed by atoms with Gasteiger partial charge in [-0.15, -0.1) is 0 Å². The summed E-state index contributed by atoms with van der Waals surface area (Å²) in [7, 11) is -3.42. The fourth-order valence-corrected chi connectivity index (χ4v) is 3.57. The zero-order valence-electron chi connectivity index (χ0n) is 10.6. The highest BCUT2D eigenvalue weighted by atomic mass is 32.2. The zero-order valence-corrected chi connectivity index (χ0v) is 11.4. The zero-order chi connectivity index (χ0) is 13.2. The van der Waals surface area contributed by atoms with Gasteiger partial charge in [-0.05, 0) is 43.4 Å². The summed E-state index contributed by atoms with van der Waals surface area (Å²) in [4.78, 5) is 0.302. The average Bonchev–Trinajstić information content (AvgIpc) is 2.26. The molecule has 18 heavy (non-hydrogen) atoms. The maximum atomic E-state index is 12.2. The monoisotopic (exact) mass is 268 g/mol. The van der Waals surface area contributed by atoms with E-state index in [4.69, 9.17) is 5.73 Å². The van der Waals surface area contributed by atoms with E-state index < -0.39 is 10.0 Å². The predicted octanol–water partition coefficient (Wildman–Crippen LogP) is 1.61. The van der Waals surface area contributed by atoms with Crippen LogP contribution in [0.25, 0.3) is 0 Å². The van der Waals surface area contributed by atoms with Crippen molar-refractivity contribution in [3.8, 4) is 0 Å². The van der Waals surface area contributed by atoms with Crippen LogP contribution in [-0.4, -0.2) is 14.5 Å². The van der Waals surface area contributed by atoms with Crippen LogP contribution in [0.5, 0.6) is 0 Å². The smallest absolute Gasteiger partial charge is 0.240 e. The predicted molar refractivity (Wildman–Crippen MR) is 71.5 cm³/mol. The van der Waals surface area contributed by atoms with Gasteiger partial charge in [0.1, 0.15) is 0 Å². The first kappa shape index (κ1) is 13.5. The second kappa shape index (κ2) is 5.38. The summed E-state index contributed by atoms with van der Waals surface area (Å²) in [5, 5.41) is 0. The fourth-order valence-electron chi connectivity index (χ4n) is 2.19. The summed E-state index contributed by atoms with van der Waals surface area (Å²) in [5.74, 6) is 0.484. The highest BCUT2D eigenvalue weighted by Crippen LogP contribution is 2.30. The van der Waals surface area contributed by atoms with Crippen LogP contribution in [-0.2, 0) is 16.6 Å². The lowest BCUT2D eigenvalue weighted by molar-refractivity contribution is 0.260. The van der Waals surface area contributed by atoms with Crippen molar-refractivity contribution in [3.63, 3.8) is 0 Å². The van der Waals surface area contributed by atoms with Gasteiger partial charge >= 0.3 is 0 Å². The third kappa shape index (κ3) is 2.91. The lowest BCUT2D eigenvalue weighted by Crippen LogP contribution is -2.40. The molecule has 100 valence electrons. The second-order valence-corrected chi connectivity index (χ2v) is 6.67. The Morgan fingerprint density at radius 2 is 2.17 bits per heavy atom. The number of nitrogens with one attached hydrogen (secondary N) is 1. The van der Waals surface area contributed by atoms with E-state index in [1.165, 1.54) is 6.42 Å². The van der Waals surface area contributed by atoms with Gasteiger partial charge in [0.2, 0.25) is 10.0 Å². The van der Waals surface area contributed by atoms with Crippen molar-refractivity contribution in [1.82, 2.24) is 4.72 Å². The van der Waals surface area contributed by atoms with Crippen molar-refractivity contribution in [2.75, 3.05) is 0 Å². The first-order valence-corrected chi connectivity index (χ1v) is 7.82. The molecule has 0 saturated heterocycles. The molecule has 1 aromatic carbocycles. The quantitative estimate of drug-likeness (QED) is 0.852. The van der Waals surface area contributed by atoms with Crippen LogP contribution in [0, 0.1) is 5.92 Å². The van der Waals surface area contributed by atoms with E-state index in [1.807, 2.05) is 13.0 Å².